The minimum atomic E-state index is 0.404. The molecule has 318 valence electrons. The van der Waals surface area contributed by atoms with Crippen LogP contribution in [-0.2, 0) is 0 Å². The Morgan fingerprint density at radius 1 is 0.261 bits per heavy atom. The summed E-state index contributed by atoms with van der Waals surface area (Å²) in [4.78, 5) is 0. The van der Waals surface area contributed by atoms with Gasteiger partial charge >= 0.3 is 0 Å². The van der Waals surface area contributed by atoms with Crippen molar-refractivity contribution in [3.05, 3.63) is 217 Å². The van der Waals surface area contributed by atoms with E-state index in [2.05, 4.69) is 182 Å². The topological polar surface area (TPSA) is 80.4 Å². The van der Waals surface area contributed by atoms with Crippen LogP contribution in [-0.4, -0.2) is 18.3 Å². The molecule has 15 aromatic rings. The average Bonchev–Trinajstić information content (AvgIpc) is 4.20. The van der Waals surface area contributed by atoms with E-state index in [1.54, 1.807) is 0 Å². The highest BCUT2D eigenvalue weighted by molar-refractivity contribution is 6.19. The standard InChI is InChI=1S/C62H34N6O/c63-35-47-59(65-49-25-9-1-17-37(49)38-18-2-10-26-50(38)65)60(66-51-27-11-3-19-39(51)40-20-4-12-28-52(40)66)48(36-64)62(61(47)67-53-29-13-5-21-41(53)42-22-6-14-30-54(42)67)68-55-31-15-7-23-43(55)45-33-46-44-24-8-16-32-57(44)69-58(46)34-56(45)68/h1-34H. The van der Waals surface area contributed by atoms with Crippen molar-refractivity contribution in [3.63, 3.8) is 0 Å². The summed E-state index contributed by atoms with van der Waals surface area (Å²) in [6.45, 7) is 0. The largest absolute Gasteiger partial charge is 0.456 e. The Morgan fingerprint density at radius 3 is 0.870 bits per heavy atom. The third-order valence-electron chi connectivity index (χ3n) is 14.4. The molecule has 15 rings (SSSR count). The van der Waals surface area contributed by atoms with Gasteiger partial charge in [-0.15, -0.1) is 0 Å². The number of nitriles is 2. The third-order valence-corrected chi connectivity index (χ3v) is 14.4. The van der Waals surface area contributed by atoms with Crippen molar-refractivity contribution < 1.29 is 4.42 Å². The van der Waals surface area contributed by atoms with Crippen molar-refractivity contribution >= 4 is 109 Å². The molecule has 0 radical (unpaired) electrons. The number of fused-ring (bicyclic) bond motifs is 15. The summed E-state index contributed by atoms with van der Waals surface area (Å²) in [5.74, 6) is 0. The monoisotopic (exact) mass is 878 g/mol. The molecule has 5 heterocycles. The van der Waals surface area contributed by atoms with E-state index < -0.39 is 0 Å². The Bertz CT molecular complexity index is 4660. The Balaban J connectivity index is 1.27. The molecule has 0 bridgehead atoms. The molecule has 7 nitrogen and oxygen atoms in total. The first-order chi connectivity index (χ1) is 34.2. The highest BCUT2D eigenvalue weighted by Gasteiger charge is 2.34. The maximum atomic E-state index is 12.5. The molecule has 7 heteroatoms. The Hall–Kier alpha value is -9.82. The van der Waals surface area contributed by atoms with Gasteiger partial charge in [0.25, 0.3) is 0 Å². The summed E-state index contributed by atoms with van der Waals surface area (Å²) in [5, 5.41) is 35.3. The number of hydrogen-bond acceptors (Lipinski definition) is 3. The van der Waals surface area contributed by atoms with Crippen molar-refractivity contribution in [2.24, 2.45) is 0 Å². The fraction of sp³-hybridized carbons (Fsp3) is 0. The number of furan rings is 1. The fourth-order valence-corrected chi connectivity index (χ4v) is 11.7. The van der Waals surface area contributed by atoms with Gasteiger partial charge in [-0.3, -0.25) is 0 Å². The van der Waals surface area contributed by atoms with Crippen LogP contribution in [0.3, 0.4) is 0 Å². The van der Waals surface area contributed by atoms with E-state index in [9.17, 15) is 10.5 Å². The summed E-state index contributed by atoms with van der Waals surface area (Å²) in [6, 6.07) is 77.0. The van der Waals surface area contributed by atoms with Crippen LogP contribution in [0.4, 0.5) is 0 Å². The average molecular weight is 879 g/mol. The zero-order valence-electron chi connectivity index (χ0n) is 36.7. The first-order valence-electron chi connectivity index (χ1n) is 23.1. The van der Waals surface area contributed by atoms with Gasteiger partial charge in [-0.2, -0.15) is 10.5 Å². The molecule has 0 N–H and O–H groups in total. The molecule has 0 atom stereocenters. The minimum absolute atomic E-state index is 0.404. The van der Waals surface area contributed by atoms with E-state index in [-0.39, 0.29) is 0 Å². The number of rotatable bonds is 4. The van der Waals surface area contributed by atoms with Crippen LogP contribution in [0.25, 0.3) is 132 Å². The summed E-state index contributed by atoms with van der Waals surface area (Å²) in [6.07, 6.45) is 0. The van der Waals surface area contributed by atoms with Gasteiger partial charge in [-0.25, -0.2) is 0 Å². The highest BCUT2D eigenvalue weighted by Crippen LogP contribution is 2.49. The van der Waals surface area contributed by atoms with E-state index in [0.29, 0.717) is 33.9 Å². The first-order valence-corrected chi connectivity index (χ1v) is 23.1. The number of benzene rings is 10. The van der Waals surface area contributed by atoms with E-state index in [0.717, 1.165) is 109 Å². The predicted molar refractivity (Wildman–Crippen MR) is 281 cm³/mol. The summed E-state index contributed by atoms with van der Waals surface area (Å²) < 4.78 is 15.6. The smallest absolute Gasteiger partial charge is 0.137 e. The Labute approximate surface area is 392 Å². The van der Waals surface area contributed by atoms with Crippen molar-refractivity contribution in [2.45, 2.75) is 0 Å². The minimum Gasteiger partial charge on any atom is -0.456 e. The number of aromatic nitrogens is 4. The Kier molecular flexibility index (Phi) is 7.51. The van der Waals surface area contributed by atoms with Gasteiger partial charge in [0, 0.05) is 59.9 Å². The molecule has 0 unspecified atom stereocenters. The van der Waals surface area contributed by atoms with E-state index in [4.69, 9.17) is 4.42 Å². The van der Waals surface area contributed by atoms with Crippen LogP contribution >= 0.6 is 0 Å². The van der Waals surface area contributed by atoms with Crippen LogP contribution in [0.2, 0.25) is 0 Å². The second-order valence-electron chi connectivity index (χ2n) is 17.8. The third kappa shape index (κ3) is 4.87. The molecule has 0 aliphatic heterocycles. The lowest BCUT2D eigenvalue weighted by atomic mass is 9.98. The van der Waals surface area contributed by atoms with Gasteiger partial charge in [0.15, 0.2) is 0 Å². The zero-order chi connectivity index (χ0) is 45.5. The molecule has 0 spiro atoms. The second kappa shape index (κ2) is 13.9. The van der Waals surface area contributed by atoms with Crippen LogP contribution in [0.15, 0.2) is 211 Å². The van der Waals surface area contributed by atoms with Crippen LogP contribution in [0.1, 0.15) is 11.1 Å². The van der Waals surface area contributed by atoms with E-state index >= 15 is 0 Å². The molecular formula is C62H34N6O. The lowest BCUT2D eigenvalue weighted by Crippen LogP contribution is -2.16. The molecule has 10 aromatic carbocycles. The van der Waals surface area contributed by atoms with Crippen LogP contribution < -0.4 is 0 Å². The predicted octanol–water partition coefficient (Wildman–Crippen LogP) is 15.7. The highest BCUT2D eigenvalue weighted by atomic mass is 16.3. The first kappa shape index (κ1) is 37.4. The zero-order valence-corrected chi connectivity index (χ0v) is 36.7. The van der Waals surface area contributed by atoms with Gasteiger partial charge in [-0.1, -0.05) is 146 Å². The van der Waals surface area contributed by atoms with Gasteiger partial charge < -0.3 is 22.7 Å². The molecule has 0 aliphatic carbocycles. The summed E-state index contributed by atoms with van der Waals surface area (Å²) in [7, 11) is 0. The second-order valence-corrected chi connectivity index (χ2v) is 17.8. The quantitative estimate of drug-likeness (QED) is 0.177. The molecule has 0 fully saturated rings. The van der Waals surface area contributed by atoms with E-state index in [1.165, 1.54) is 0 Å². The fourth-order valence-electron chi connectivity index (χ4n) is 11.7. The lowest BCUT2D eigenvalue weighted by molar-refractivity contribution is 0.669. The van der Waals surface area contributed by atoms with Crippen molar-refractivity contribution in [1.82, 2.24) is 18.3 Å². The van der Waals surface area contributed by atoms with Crippen molar-refractivity contribution in [2.75, 3.05) is 0 Å². The molecule has 0 saturated carbocycles. The normalized spacial score (nSPS) is 12.0. The van der Waals surface area contributed by atoms with E-state index in [1.807, 2.05) is 54.6 Å². The molecule has 0 aliphatic rings. The number of hydrogen-bond donors (Lipinski definition) is 0. The van der Waals surface area contributed by atoms with Gasteiger partial charge in [-0.05, 0) is 54.6 Å². The van der Waals surface area contributed by atoms with Gasteiger partial charge in [0.2, 0.25) is 0 Å². The SMILES string of the molecule is N#Cc1c(-n2c3ccccc3c3ccccc32)c(-n2c3ccccc3c3ccccc32)c(C#N)c(-n2c3ccccc3c3cc4c(cc32)oc2ccccc24)c1-n1c2ccccc2c2ccccc21. The molecular weight excluding hydrogens is 845 g/mol. The van der Waals surface area contributed by atoms with Crippen LogP contribution in [0.5, 0.6) is 0 Å². The number of nitrogens with zero attached hydrogens (tertiary/aromatic N) is 6. The molecule has 0 saturated heterocycles. The summed E-state index contributed by atoms with van der Waals surface area (Å²) in [5.41, 5.74) is 12.0. The lowest BCUT2D eigenvalue weighted by Gasteiger charge is -2.27. The molecule has 0 amide bonds. The van der Waals surface area contributed by atoms with Crippen LogP contribution in [0, 0.1) is 22.7 Å². The molecule has 5 aromatic heterocycles. The maximum Gasteiger partial charge on any atom is 0.137 e. The van der Waals surface area contributed by atoms with Gasteiger partial charge in [0.05, 0.1) is 66.9 Å². The number of para-hydroxylation sites is 8. The van der Waals surface area contributed by atoms with Crippen molar-refractivity contribution in [1.29, 1.82) is 10.5 Å². The van der Waals surface area contributed by atoms with Gasteiger partial charge in [0.1, 0.15) is 34.4 Å². The Morgan fingerprint density at radius 2 is 0.536 bits per heavy atom. The van der Waals surface area contributed by atoms with Crippen molar-refractivity contribution in [3.8, 4) is 34.9 Å². The summed E-state index contributed by atoms with van der Waals surface area (Å²) >= 11 is 0. The molecule has 69 heavy (non-hydrogen) atoms. The maximum absolute atomic E-state index is 12.5.